The van der Waals surface area contributed by atoms with E-state index in [0.717, 1.165) is 24.1 Å². The van der Waals surface area contributed by atoms with Crippen LogP contribution < -0.4 is 10.6 Å². The molecule has 1 heterocycles. The van der Waals surface area contributed by atoms with Crippen LogP contribution in [0.25, 0.3) is 0 Å². The van der Waals surface area contributed by atoms with E-state index in [9.17, 15) is 9.59 Å². The Labute approximate surface area is 170 Å². The number of benzene rings is 2. The van der Waals surface area contributed by atoms with Crippen LogP contribution in [0, 0.1) is 6.92 Å². The van der Waals surface area contributed by atoms with Crippen LogP contribution in [-0.4, -0.2) is 28.1 Å². The van der Waals surface area contributed by atoms with Crippen LogP contribution in [0.5, 0.6) is 0 Å². The number of nitrogens with one attached hydrogen (secondary N) is 2. The molecule has 0 fully saturated rings. The normalized spacial score (nSPS) is 11.6. The van der Waals surface area contributed by atoms with Gasteiger partial charge < -0.3 is 10.6 Å². The molecule has 0 radical (unpaired) electrons. The van der Waals surface area contributed by atoms with Crippen LogP contribution in [0.3, 0.4) is 0 Å². The largest absolute Gasteiger partial charge is 0.356 e. The van der Waals surface area contributed by atoms with E-state index in [0.29, 0.717) is 12.1 Å². The number of hydrogen-bond donors (Lipinski definition) is 2. The summed E-state index contributed by atoms with van der Waals surface area (Å²) in [5.74, 6) is -0.287. The first-order valence-corrected chi connectivity index (χ1v) is 9.78. The van der Waals surface area contributed by atoms with Crippen molar-refractivity contribution in [2.45, 2.75) is 32.4 Å². The third kappa shape index (κ3) is 6.31. The third-order valence-corrected chi connectivity index (χ3v) is 4.58. The lowest BCUT2D eigenvalue weighted by atomic mass is 10.0. The molecule has 0 bridgehead atoms. The summed E-state index contributed by atoms with van der Waals surface area (Å²) in [5, 5.41) is 10.2. The zero-order valence-electron chi connectivity index (χ0n) is 16.5. The molecule has 150 valence electrons. The molecule has 0 saturated carbocycles. The minimum absolute atomic E-state index is 0.0936. The number of aryl methyl sites for hydroxylation is 2. The zero-order valence-corrected chi connectivity index (χ0v) is 16.5. The Morgan fingerprint density at radius 3 is 2.38 bits per heavy atom. The van der Waals surface area contributed by atoms with E-state index in [-0.39, 0.29) is 18.2 Å². The van der Waals surface area contributed by atoms with Crippen molar-refractivity contribution in [1.82, 2.24) is 20.4 Å². The zero-order chi connectivity index (χ0) is 20.5. The summed E-state index contributed by atoms with van der Waals surface area (Å²) in [7, 11) is 0. The van der Waals surface area contributed by atoms with Crippen molar-refractivity contribution in [1.29, 1.82) is 0 Å². The Hall–Kier alpha value is -3.41. The summed E-state index contributed by atoms with van der Waals surface area (Å²) in [4.78, 5) is 25.1. The van der Waals surface area contributed by atoms with E-state index in [2.05, 4.69) is 15.7 Å². The number of rotatable bonds is 9. The first kappa shape index (κ1) is 20.3. The van der Waals surface area contributed by atoms with E-state index >= 15 is 0 Å². The molecule has 0 saturated heterocycles. The van der Waals surface area contributed by atoms with Gasteiger partial charge in [0.2, 0.25) is 5.91 Å². The Morgan fingerprint density at radius 1 is 1.03 bits per heavy atom. The fourth-order valence-electron chi connectivity index (χ4n) is 3.08. The van der Waals surface area contributed by atoms with Gasteiger partial charge in [-0.3, -0.25) is 14.3 Å². The van der Waals surface area contributed by atoms with Crippen LogP contribution in [0.2, 0.25) is 0 Å². The van der Waals surface area contributed by atoms with Crippen LogP contribution >= 0.6 is 0 Å². The number of hydrogen-bond acceptors (Lipinski definition) is 3. The highest BCUT2D eigenvalue weighted by Crippen LogP contribution is 2.17. The van der Waals surface area contributed by atoms with Gasteiger partial charge in [0.25, 0.3) is 5.91 Å². The summed E-state index contributed by atoms with van der Waals surface area (Å²) >= 11 is 0. The monoisotopic (exact) mass is 390 g/mol. The Bertz CT molecular complexity index is 922. The topological polar surface area (TPSA) is 76.0 Å². The van der Waals surface area contributed by atoms with Crippen molar-refractivity contribution in [3.05, 3.63) is 89.7 Å². The minimum Gasteiger partial charge on any atom is -0.356 e. The highest BCUT2D eigenvalue weighted by Gasteiger charge is 2.19. The first-order valence-electron chi connectivity index (χ1n) is 9.78. The first-order chi connectivity index (χ1) is 14.1. The Morgan fingerprint density at radius 2 is 1.72 bits per heavy atom. The summed E-state index contributed by atoms with van der Waals surface area (Å²) in [6.07, 6.45) is 4.77. The van der Waals surface area contributed by atoms with Crippen LogP contribution in [0.15, 0.2) is 73.1 Å². The highest BCUT2D eigenvalue weighted by molar-refractivity contribution is 5.94. The highest BCUT2D eigenvalue weighted by atomic mass is 16.2. The van der Waals surface area contributed by atoms with Crippen LogP contribution in [-0.2, 0) is 11.3 Å². The smallest absolute Gasteiger partial charge is 0.251 e. The summed E-state index contributed by atoms with van der Waals surface area (Å²) in [6, 6.07) is 18.2. The Kier molecular flexibility index (Phi) is 7.16. The molecule has 1 atom stereocenters. The molecule has 1 aromatic heterocycles. The molecular formula is C23H26N4O2. The summed E-state index contributed by atoms with van der Waals surface area (Å²) < 4.78 is 1.87. The molecule has 0 spiro atoms. The van der Waals surface area contributed by atoms with Crippen LogP contribution in [0.4, 0.5) is 0 Å². The fourth-order valence-corrected chi connectivity index (χ4v) is 3.08. The van der Waals surface area contributed by atoms with Crippen molar-refractivity contribution in [2.75, 3.05) is 6.54 Å². The van der Waals surface area contributed by atoms with Gasteiger partial charge in [0.05, 0.1) is 18.7 Å². The molecule has 0 aliphatic rings. The fraction of sp³-hybridized carbons (Fsp3) is 0.261. The van der Waals surface area contributed by atoms with E-state index in [4.69, 9.17) is 0 Å². The third-order valence-electron chi connectivity index (χ3n) is 4.58. The lowest BCUT2D eigenvalue weighted by molar-refractivity contribution is -0.121. The molecule has 3 aromatic rings. The quantitative estimate of drug-likeness (QED) is 0.551. The SMILES string of the molecule is Cc1cnn(CCCNC(=O)CC(NC(=O)c2ccccc2)c2ccccc2)c1. The number of aromatic nitrogens is 2. The summed E-state index contributed by atoms with van der Waals surface area (Å²) in [6.45, 7) is 3.31. The molecule has 0 aliphatic carbocycles. The summed E-state index contributed by atoms with van der Waals surface area (Å²) in [5.41, 5.74) is 2.59. The standard InChI is InChI=1S/C23H26N4O2/c1-18-16-25-27(17-18)14-8-13-24-22(28)15-21(19-9-4-2-5-10-19)26-23(29)20-11-6-3-7-12-20/h2-7,9-12,16-17,21H,8,13-15H2,1H3,(H,24,28)(H,26,29). The molecule has 2 N–H and O–H groups in total. The molecule has 0 aliphatic heterocycles. The lowest BCUT2D eigenvalue weighted by Gasteiger charge is -2.19. The van der Waals surface area contributed by atoms with Gasteiger partial charge in [0.15, 0.2) is 0 Å². The lowest BCUT2D eigenvalue weighted by Crippen LogP contribution is -2.34. The van der Waals surface area contributed by atoms with Gasteiger partial charge in [-0.25, -0.2) is 0 Å². The molecule has 29 heavy (non-hydrogen) atoms. The molecule has 2 aromatic carbocycles. The van der Waals surface area contributed by atoms with Gasteiger partial charge in [-0.05, 0) is 36.6 Å². The number of carbonyl (C=O) groups is 2. The maximum atomic E-state index is 12.6. The average molecular weight is 390 g/mol. The molecule has 3 rings (SSSR count). The minimum atomic E-state index is -0.391. The second kappa shape index (κ2) is 10.2. The second-order valence-electron chi connectivity index (χ2n) is 6.99. The van der Waals surface area contributed by atoms with Crippen molar-refractivity contribution < 1.29 is 9.59 Å². The van der Waals surface area contributed by atoms with E-state index in [1.54, 1.807) is 12.1 Å². The molecule has 6 nitrogen and oxygen atoms in total. The number of nitrogens with zero attached hydrogens (tertiary/aromatic N) is 2. The second-order valence-corrected chi connectivity index (χ2v) is 6.99. The van der Waals surface area contributed by atoms with Gasteiger partial charge >= 0.3 is 0 Å². The number of carbonyl (C=O) groups excluding carboxylic acids is 2. The van der Waals surface area contributed by atoms with E-state index < -0.39 is 6.04 Å². The predicted molar refractivity (Wildman–Crippen MR) is 112 cm³/mol. The molecule has 1 unspecified atom stereocenters. The van der Waals surface area contributed by atoms with Gasteiger partial charge in [-0.1, -0.05) is 48.5 Å². The van der Waals surface area contributed by atoms with Crippen molar-refractivity contribution in [2.24, 2.45) is 0 Å². The van der Waals surface area contributed by atoms with Gasteiger partial charge in [0.1, 0.15) is 0 Å². The molecule has 6 heteroatoms. The van der Waals surface area contributed by atoms with Crippen LogP contribution in [0.1, 0.15) is 40.4 Å². The van der Waals surface area contributed by atoms with Gasteiger partial charge in [-0.2, -0.15) is 5.10 Å². The van der Waals surface area contributed by atoms with Crippen molar-refractivity contribution in [3.8, 4) is 0 Å². The number of amides is 2. The predicted octanol–water partition coefficient (Wildman–Crippen LogP) is 3.26. The van der Waals surface area contributed by atoms with Crippen molar-refractivity contribution >= 4 is 11.8 Å². The Balaban J connectivity index is 1.55. The van der Waals surface area contributed by atoms with Crippen molar-refractivity contribution in [3.63, 3.8) is 0 Å². The maximum absolute atomic E-state index is 12.6. The maximum Gasteiger partial charge on any atom is 0.251 e. The van der Waals surface area contributed by atoms with Gasteiger partial charge in [0, 0.05) is 24.8 Å². The van der Waals surface area contributed by atoms with E-state index in [1.807, 2.05) is 72.5 Å². The molecule has 2 amide bonds. The van der Waals surface area contributed by atoms with Gasteiger partial charge in [-0.15, -0.1) is 0 Å². The van der Waals surface area contributed by atoms with E-state index in [1.165, 1.54) is 0 Å². The molecular weight excluding hydrogens is 364 g/mol. The average Bonchev–Trinajstić information content (AvgIpc) is 3.17.